The van der Waals surface area contributed by atoms with Crippen LogP contribution in [-0.2, 0) is 32.7 Å². The van der Waals surface area contributed by atoms with Crippen LogP contribution in [0.25, 0.3) is 0 Å². The molecule has 0 unspecified atom stereocenters. The van der Waals surface area contributed by atoms with E-state index in [4.69, 9.17) is 0 Å². The molecule has 0 nitrogen and oxygen atoms in total. The SMILES string of the molecule is C.C.C.C.C[CH-]CCCC.[Y]. The maximum Gasteiger partial charge on any atom is 0 e. The van der Waals surface area contributed by atoms with Gasteiger partial charge in [0.15, 0.2) is 0 Å². The van der Waals surface area contributed by atoms with Crippen LogP contribution < -0.4 is 0 Å². The smallest absolute Gasteiger partial charge is 0 e. The van der Waals surface area contributed by atoms with E-state index in [1.54, 1.807) is 0 Å². The zero-order chi connectivity index (χ0) is 4.83. The van der Waals surface area contributed by atoms with Gasteiger partial charge in [-0.05, 0) is 0 Å². The summed E-state index contributed by atoms with van der Waals surface area (Å²) in [6.45, 7) is 4.32. The topological polar surface area (TPSA) is 0 Å². The maximum absolute atomic E-state index is 2.21. The molecule has 0 aliphatic carbocycles. The molecule has 11 heavy (non-hydrogen) atoms. The van der Waals surface area contributed by atoms with Crippen LogP contribution in [0.3, 0.4) is 0 Å². The van der Waals surface area contributed by atoms with Crippen molar-refractivity contribution in [3.05, 3.63) is 6.42 Å². The van der Waals surface area contributed by atoms with Crippen molar-refractivity contribution >= 4 is 0 Å². The van der Waals surface area contributed by atoms with Gasteiger partial charge in [-0.25, -0.2) is 0 Å². The number of hydrogen-bond donors (Lipinski definition) is 0. The maximum atomic E-state index is 2.21. The molecule has 0 saturated heterocycles. The van der Waals surface area contributed by atoms with Crippen LogP contribution in [0.1, 0.15) is 62.8 Å². The Balaban J connectivity index is -0.0000000125. The van der Waals surface area contributed by atoms with E-state index < -0.39 is 0 Å². The molecule has 0 atom stereocenters. The second kappa shape index (κ2) is 43.5. The summed E-state index contributed by atoms with van der Waals surface area (Å²) in [4.78, 5) is 0. The molecule has 0 aliphatic heterocycles. The second-order valence-electron chi connectivity index (χ2n) is 1.55. The minimum absolute atomic E-state index is 0. The summed E-state index contributed by atoms with van der Waals surface area (Å²) in [6.07, 6.45) is 6.18. The van der Waals surface area contributed by atoms with E-state index in [0.29, 0.717) is 0 Å². The van der Waals surface area contributed by atoms with Gasteiger partial charge in [-0.2, -0.15) is 13.3 Å². The monoisotopic (exact) mass is 238 g/mol. The predicted octanol–water partition coefficient (Wildman–Crippen LogP) is 4.94. The zero-order valence-corrected chi connectivity index (χ0v) is 8.11. The molecule has 0 aromatic rings. The predicted molar refractivity (Wildman–Crippen MR) is 56.4 cm³/mol. The summed E-state index contributed by atoms with van der Waals surface area (Å²) in [5.74, 6) is 0. The molecule has 0 aromatic heterocycles. The van der Waals surface area contributed by atoms with Gasteiger partial charge >= 0.3 is 0 Å². The van der Waals surface area contributed by atoms with Crippen LogP contribution in [0, 0.1) is 6.42 Å². The third-order valence-corrected chi connectivity index (χ3v) is 0.846. The molecule has 0 N–H and O–H groups in total. The molecule has 1 heteroatoms. The molecule has 0 aromatic carbocycles. The van der Waals surface area contributed by atoms with E-state index in [1.807, 2.05) is 0 Å². The number of hydrogen-bond acceptors (Lipinski definition) is 0. The Morgan fingerprint density at radius 2 is 1.36 bits per heavy atom. The molecule has 0 heterocycles. The minimum Gasteiger partial charge on any atom is -0.332 e. The van der Waals surface area contributed by atoms with Gasteiger partial charge in [0.2, 0.25) is 0 Å². The van der Waals surface area contributed by atoms with Gasteiger partial charge in [-0.15, -0.1) is 0 Å². The van der Waals surface area contributed by atoms with Crippen molar-refractivity contribution in [2.75, 3.05) is 0 Å². The fraction of sp³-hybridized carbons (Fsp3) is 0.900. The summed E-state index contributed by atoms with van der Waals surface area (Å²) in [5, 5.41) is 0. The van der Waals surface area contributed by atoms with Gasteiger partial charge in [-0.3, -0.25) is 0 Å². The molecule has 0 saturated carbocycles. The van der Waals surface area contributed by atoms with E-state index in [0.717, 1.165) is 0 Å². The quantitative estimate of drug-likeness (QED) is 0.482. The van der Waals surface area contributed by atoms with Crippen molar-refractivity contribution in [3.8, 4) is 0 Å². The van der Waals surface area contributed by atoms with Gasteiger partial charge in [0, 0.05) is 32.7 Å². The summed E-state index contributed by atoms with van der Waals surface area (Å²) < 4.78 is 0. The first kappa shape index (κ1) is 40.1. The van der Waals surface area contributed by atoms with Crippen molar-refractivity contribution in [3.63, 3.8) is 0 Å². The van der Waals surface area contributed by atoms with Crippen LogP contribution in [0.2, 0.25) is 0 Å². The van der Waals surface area contributed by atoms with Crippen LogP contribution in [0.5, 0.6) is 0 Å². The normalized spacial score (nSPS) is 4.91. The van der Waals surface area contributed by atoms with Crippen molar-refractivity contribution in [2.24, 2.45) is 0 Å². The average Bonchev–Trinajstić information content (AvgIpc) is 1.61. The fourth-order valence-corrected chi connectivity index (χ4v) is 0.408. The standard InChI is InChI=1S/C6H13.4CH4.Y/c1-3-5-6-4-2;;;;;/h3H,4-6H2,1-2H3;4*1H4;/q-1;;;;;. The molecule has 73 valence electrons. The molecule has 0 rings (SSSR count). The average molecular weight is 238 g/mol. The van der Waals surface area contributed by atoms with Gasteiger partial charge in [-0.1, -0.05) is 49.5 Å². The summed E-state index contributed by atoms with van der Waals surface area (Å²) in [5.41, 5.74) is 0. The van der Waals surface area contributed by atoms with Crippen LogP contribution in [0.15, 0.2) is 0 Å². The Hall–Kier alpha value is 1.10. The van der Waals surface area contributed by atoms with Gasteiger partial charge in [0.25, 0.3) is 0 Å². The molecule has 0 aliphatic rings. The largest absolute Gasteiger partial charge is 0.332 e. The van der Waals surface area contributed by atoms with E-state index in [9.17, 15) is 0 Å². The van der Waals surface area contributed by atoms with E-state index in [-0.39, 0.29) is 62.4 Å². The molecule has 0 spiro atoms. The zero-order valence-electron chi connectivity index (χ0n) is 5.28. The Morgan fingerprint density at radius 1 is 1.00 bits per heavy atom. The van der Waals surface area contributed by atoms with Gasteiger partial charge in [0.05, 0.1) is 0 Å². The van der Waals surface area contributed by atoms with Crippen molar-refractivity contribution in [1.29, 1.82) is 0 Å². The number of rotatable bonds is 3. The van der Waals surface area contributed by atoms with Crippen LogP contribution >= 0.6 is 0 Å². The summed E-state index contributed by atoms with van der Waals surface area (Å²) in [7, 11) is 0. The molecule has 0 fully saturated rings. The fourth-order valence-electron chi connectivity index (χ4n) is 0.408. The van der Waals surface area contributed by atoms with E-state index in [1.165, 1.54) is 19.3 Å². The molecule has 0 bridgehead atoms. The van der Waals surface area contributed by atoms with Crippen LogP contribution in [-0.4, -0.2) is 0 Å². The van der Waals surface area contributed by atoms with Crippen molar-refractivity contribution in [1.82, 2.24) is 0 Å². The van der Waals surface area contributed by atoms with Gasteiger partial charge < -0.3 is 6.42 Å². The first-order valence-electron chi connectivity index (χ1n) is 2.69. The molecular weight excluding hydrogens is 209 g/mol. The van der Waals surface area contributed by atoms with Crippen LogP contribution in [0.4, 0.5) is 0 Å². The second-order valence-corrected chi connectivity index (χ2v) is 1.55. The first-order chi connectivity index (χ1) is 2.91. The summed E-state index contributed by atoms with van der Waals surface area (Å²) >= 11 is 0. The Kier molecular flexibility index (Phi) is 158. The third-order valence-electron chi connectivity index (χ3n) is 0.846. The summed E-state index contributed by atoms with van der Waals surface area (Å²) in [6, 6.07) is 0. The number of unbranched alkanes of at least 4 members (excludes halogenated alkanes) is 3. The Bertz CT molecular complexity index is 16.8. The van der Waals surface area contributed by atoms with E-state index in [2.05, 4.69) is 20.3 Å². The van der Waals surface area contributed by atoms with E-state index >= 15 is 0 Å². The molecule has 0 amide bonds. The van der Waals surface area contributed by atoms with Crippen molar-refractivity contribution < 1.29 is 32.7 Å². The Morgan fingerprint density at radius 3 is 1.45 bits per heavy atom. The van der Waals surface area contributed by atoms with Crippen molar-refractivity contribution in [2.45, 2.75) is 62.8 Å². The first-order valence-corrected chi connectivity index (χ1v) is 2.69. The molecular formula is C10H29Y-. The molecule has 1 radical (unpaired) electrons. The van der Waals surface area contributed by atoms with Gasteiger partial charge in [0.1, 0.15) is 0 Å². The Labute approximate surface area is 101 Å². The third kappa shape index (κ3) is 54.6. The minimum atomic E-state index is 0.